The third-order valence-corrected chi connectivity index (χ3v) is 8.99. The maximum Gasteiger partial charge on any atom is 0.278 e. The number of rotatable bonds is 0. The summed E-state index contributed by atoms with van der Waals surface area (Å²) in [5, 5.41) is 12.7. The van der Waals surface area contributed by atoms with Crippen molar-refractivity contribution in [2.75, 3.05) is 31.5 Å². The van der Waals surface area contributed by atoms with Crippen molar-refractivity contribution in [1.29, 1.82) is 0 Å². The molecule has 1 spiro atoms. The quantitative estimate of drug-likeness (QED) is 0.427. The second-order valence-electron chi connectivity index (χ2n) is 9.95. The van der Waals surface area contributed by atoms with Gasteiger partial charge in [-0.1, -0.05) is 24.3 Å². The molecule has 39 heavy (non-hydrogen) atoms. The van der Waals surface area contributed by atoms with E-state index in [1.165, 1.54) is 28.7 Å². The molecule has 4 aliphatic rings. The number of hydrogen-bond acceptors (Lipinski definition) is 7. The molecular formula is C28H23F2N3O5S. The fourth-order valence-electron chi connectivity index (χ4n) is 5.97. The van der Waals surface area contributed by atoms with E-state index in [0.29, 0.717) is 18.6 Å². The second-order valence-corrected chi connectivity index (χ2v) is 11.0. The number of carbonyl (C=O) groups excluding carboxylic acids is 1. The summed E-state index contributed by atoms with van der Waals surface area (Å²) in [6.45, 7) is 0.688. The number of fused-ring (bicyclic) bond motifs is 8. The molecule has 1 N–H and O–H groups in total. The van der Waals surface area contributed by atoms with Crippen molar-refractivity contribution in [2.45, 2.75) is 28.6 Å². The Labute approximate surface area is 226 Å². The van der Waals surface area contributed by atoms with Crippen molar-refractivity contribution in [1.82, 2.24) is 9.58 Å². The number of benzene rings is 2. The van der Waals surface area contributed by atoms with Gasteiger partial charge in [0.1, 0.15) is 25.1 Å². The smallest absolute Gasteiger partial charge is 0.278 e. The Morgan fingerprint density at radius 2 is 2.00 bits per heavy atom. The van der Waals surface area contributed by atoms with Crippen LogP contribution in [0.3, 0.4) is 0 Å². The first-order chi connectivity index (χ1) is 18.9. The van der Waals surface area contributed by atoms with E-state index in [4.69, 9.17) is 9.47 Å². The number of nitrogens with zero attached hydrogens (tertiary/aromatic N) is 3. The Hall–Kier alpha value is -3.83. The van der Waals surface area contributed by atoms with E-state index >= 15 is 4.39 Å². The average molecular weight is 552 g/mol. The predicted octanol–water partition coefficient (Wildman–Crippen LogP) is 3.69. The zero-order chi connectivity index (χ0) is 26.9. The average Bonchev–Trinajstić information content (AvgIpc) is 3.33. The van der Waals surface area contributed by atoms with Gasteiger partial charge in [0.15, 0.2) is 23.1 Å². The van der Waals surface area contributed by atoms with Crippen LogP contribution in [-0.2, 0) is 10.5 Å². The Morgan fingerprint density at radius 1 is 1.15 bits per heavy atom. The molecule has 1 fully saturated rings. The first-order valence-corrected chi connectivity index (χ1v) is 13.5. The van der Waals surface area contributed by atoms with Gasteiger partial charge in [0, 0.05) is 53.1 Å². The standard InChI is InChI=1S/C28H23F2N3O5S/c29-18-12-20-22-17(23(18)30)13-39-21-5-2-1-4-16(21)24(22)33-15-31(28(7-3-10-38-20)8-11-37-14-28)27(36)25-26(35)19(34)6-9-32(25)33/h1-7,9,12,24,35H,8,10-11,13-15H2/b7-3+/t24-,28+/m1/s1. The van der Waals surface area contributed by atoms with Crippen molar-refractivity contribution >= 4 is 17.7 Å². The van der Waals surface area contributed by atoms with E-state index in [2.05, 4.69) is 0 Å². The number of pyridine rings is 1. The van der Waals surface area contributed by atoms with Crippen LogP contribution in [-0.4, -0.2) is 52.6 Å². The Kier molecular flexibility index (Phi) is 5.50. The third kappa shape index (κ3) is 3.52. The summed E-state index contributed by atoms with van der Waals surface area (Å²) >= 11 is 1.38. The van der Waals surface area contributed by atoms with E-state index in [9.17, 15) is 19.1 Å². The molecule has 7 rings (SSSR count). The minimum absolute atomic E-state index is 0.0172. The molecule has 1 aromatic heterocycles. The number of carbonyl (C=O) groups is 1. The highest BCUT2D eigenvalue weighted by molar-refractivity contribution is 7.98. The van der Waals surface area contributed by atoms with Gasteiger partial charge in [-0.05, 0) is 17.7 Å². The SMILES string of the molecule is O=C1c2c(O)c(=O)ccn2N2CN1[C@@]1(/C=C/COc3cc(F)c(F)c4c3[C@H]2c2ccccc2SC4)CCOC1. The van der Waals surface area contributed by atoms with Crippen LogP contribution in [0.1, 0.15) is 39.6 Å². The summed E-state index contributed by atoms with van der Waals surface area (Å²) in [5.41, 5.74) is -0.391. The molecule has 1 amide bonds. The molecule has 4 aliphatic heterocycles. The van der Waals surface area contributed by atoms with Crippen LogP contribution in [0.2, 0.25) is 0 Å². The van der Waals surface area contributed by atoms with Gasteiger partial charge < -0.3 is 19.5 Å². The minimum atomic E-state index is -1.01. The molecule has 1 saturated heterocycles. The Morgan fingerprint density at radius 3 is 2.82 bits per heavy atom. The molecule has 0 saturated carbocycles. The topological polar surface area (TPSA) is 84.2 Å². The number of ether oxygens (including phenoxy) is 2. The molecule has 0 unspecified atom stereocenters. The lowest BCUT2D eigenvalue weighted by Crippen LogP contribution is -2.62. The fraction of sp³-hybridized carbons (Fsp3) is 0.286. The number of aromatic hydroxyl groups is 1. The molecular weight excluding hydrogens is 528 g/mol. The summed E-state index contributed by atoms with van der Waals surface area (Å²) in [5.74, 6) is -2.82. The van der Waals surface area contributed by atoms with Gasteiger partial charge in [-0.2, -0.15) is 0 Å². The van der Waals surface area contributed by atoms with E-state index in [1.807, 2.05) is 30.3 Å². The van der Waals surface area contributed by atoms with Gasteiger partial charge in [0.25, 0.3) is 5.91 Å². The molecule has 200 valence electrons. The number of aromatic nitrogens is 1. The van der Waals surface area contributed by atoms with Crippen LogP contribution in [0.4, 0.5) is 8.78 Å². The van der Waals surface area contributed by atoms with E-state index in [-0.39, 0.29) is 42.6 Å². The minimum Gasteiger partial charge on any atom is -0.502 e. The third-order valence-electron chi connectivity index (χ3n) is 7.88. The van der Waals surface area contributed by atoms with Gasteiger partial charge in [-0.25, -0.2) is 8.78 Å². The monoisotopic (exact) mass is 551 g/mol. The summed E-state index contributed by atoms with van der Waals surface area (Å²) in [4.78, 5) is 29.0. The first-order valence-electron chi connectivity index (χ1n) is 12.5. The van der Waals surface area contributed by atoms with Gasteiger partial charge in [-0.3, -0.25) is 19.3 Å². The van der Waals surface area contributed by atoms with E-state index in [0.717, 1.165) is 16.5 Å². The lowest BCUT2D eigenvalue weighted by molar-refractivity contribution is 0.0428. The molecule has 2 aromatic carbocycles. The number of thioether (sulfide) groups is 1. The highest BCUT2D eigenvalue weighted by atomic mass is 32.2. The van der Waals surface area contributed by atoms with Gasteiger partial charge in [0.2, 0.25) is 5.43 Å². The molecule has 0 radical (unpaired) electrons. The largest absolute Gasteiger partial charge is 0.502 e. The highest BCUT2D eigenvalue weighted by Gasteiger charge is 2.48. The van der Waals surface area contributed by atoms with E-state index < -0.39 is 40.3 Å². The lowest BCUT2D eigenvalue weighted by Gasteiger charge is -2.49. The van der Waals surface area contributed by atoms with E-state index in [1.54, 1.807) is 16.0 Å². The summed E-state index contributed by atoms with van der Waals surface area (Å²) in [6, 6.07) is 9.04. The van der Waals surface area contributed by atoms with Crippen molar-refractivity contribution in [3.05, 3.63) is 99.0 Å². The summed E-state index contributed by atoms with van der Waals surface area (Å²) in [6.07, 6.45) is 5.49. The second kappa shape index (κ2) is 8.85. The maximum atomic E-state index is 15.5. The van der Waals surface area contributed by atoms with Gasteiger partial charge in [0.05, 0.1) is 12.1 Å². The number of amides is 1. The molecule has 2 atom stereocenters. The molecule has 2 bridgehead atoms. The number of halogens is 2. The normalized spacial score (nSPS) is 24.3. The van der Waals surface area contributed by atoms with Gasteiger partial charge >= 0.3 is 0 Å². The Bertz CT molecular complexity index is 1620. The molecule has 0 aliphatic carbocycles. The van der Waals surface area contributed by atoms with Crippen LogP contribution in [0.5, 0.6) is 11.5 Å². The maximum absolute atomic E-state index is 15.5. The van der Waals surface area contributed by atoms with Crippen molar-refractivity contribution in [2.24, 2.45) is 0 Å². The van der Waals surface area contributed by atoms with Crippen molar-refractivity contribution in [3.63, 3.8) is 0 Å². The highest BCUT2D eigenvalue weighted by Crippen LogP contribution is 2.48. The first kappa shape index (κ1) is 24.2. The number of hydrogen-bond donors (Lipinski definition) is 1. The van der Waals surface area contributed by atoms with Crippen LogP contribution < -0.4 is 15.2 Å². The Balaban J connectivity index is 1.58. The lowest BCUT2D eigenvalue weighted by atomic mass is 9.92. The molecule has 8 nitrogen and oxygen atoms in total. The molecule has 11 heteroatoms. The van der Waals surface area contributed by atoms with Crippen LogP contribution in [0, 0.1) is 11.6 Å². The summed E-state index contributed by atoms with van der Waals surface area (Å²) < 4.78 is 43.7. The zero-order valence-electron chi connectivity index (χ0n) is 20.6. The van der Waals surface area contributed by atoms with Crippen molar-refractivity contribution < 1.29 is 28.2 Å². The van der Waals surface area contributed by atoms with Crippen LogP contribution in [0.25, 0.3) is 0 Å². The fourth-order valence-corrected chi connectivity index (χ4v) is 7.08. The zero-order valence-corrected chi connectivity index (χ0v) is 21.4. The van der Waals surface area contributed by atoms with Crippen LogP contribution >= 0.6 is 11.8 Å². The van der Waals surface area contributed by atoms with Crippen molar-refractivity contribution in [3.8, 4) is 11.5 Å². The van der Waals surface area contributed by atoms with Gasteiger partial charge in [-0.15, -0.1) is 11.8 Å². The van der Waals surface area contributed by atoms with Crippen LogP contribution in [0.15, 0.2) is 64.4 Å². The molecule has 3 aromatic rings. The molecule has 5 heterocycles. The predicted molar refractivity (Wildman–Crippen MR) is 139 cm³/mol. The summed E-state index contributed by atoms with van der Waals surface area (Å²) in [7, 11) is 0.